The summed E-state index contributed by atoms with van der Waals surface area (Å²) in [6.07, 6.45) is 7.51. The highest BCUT2D eigenvalue weighted by atomic mass is 127. The number of fused-ring (bicyclic) bond motifs is 5. The standard InChI is InChI=1S/C23H38N6O2.HI/c1-3-27-12-14-28(15-13-27)10-5-4-8-25-23(24-2)26-9-11-29-21(30)19-17-6-7-18(16-17)20(19)22(29)31;/h6-7,17-20H,3-5,8-16H2,1-2H3,(H2,24,25,26);1H. The maximum absolute atomic E-state index is 12.7. The fourth-order valence-electron chi connectivity index (χ4n) is 5.69. The molecule has 4 aliphatic rings. The minimum absolute atomic E-state index is 0. The largest absolute Gasteiger partial charge is 0.356 e. The summed E-state index contributed by atoms with van der Waals surface area (Å²) in [7, 11) is 1.75. The third-order valence-corrected chi connectivity index (χ3v) is 7.52. The second-order valence-electron chi connectivity index (χ2n) is 9.24. The van der Waals surface area contributed by atoms with E-state index in [1.807, 2.05) is 0 Å². The number of amides is 2. The molecule has 2 N–H and O–H groups in total. The summed E-state index contributed by atoms with van der Waals surface area (Å²) < 4.78 is 0. The normalized spacial score (nSPS) is 30.1. The van der Waals surface area contributed by atoms with Gasteiger partial charge < -0.3 is 20.4 Å². The van der Waals surface area contributed by atoms with Gasteiger partial charge in [0.05, 0.1) is 11.8 Å². The Labute approximate surface area is 209 Å². The molecule has 0 aromatic rings. The molecule has 4 atom stereocenters. The fraction of sp³-hybridized carbons (Fsp3) is 0.783. The number of hydrogen-bond donors (Lipinski definition) is 2. The molecule has 4 rings (SSSR count). The molecule has 3 fully saturated rings. The van der Waals surface area contributed by atoms with Gasteiger partial charge in [-0.25, -0.2) is 0 Å². The molecule has 2 heterocycles. The van der Waals surface area contributed by atoms with Gasteiger partial charge in [0.25, 0.3) is 0 Å². The maximum Gasteiger partial charge on any atom is 0.233 e. The summed E-state index contributed by atoms with van der Waals surface area (Å²) >= 11 is 0. The Morgan fingerprint density at radius 1 is 0.938 bits per heavy atom. The van der Waals surface area contributed by atoms with Crippen molar-refractivity contribution in [2.45, 2.75) is 26.2 Å². The van der Waals surface area contributed by atoms with E-state index in [-0.39, 0.29) is 59.5 Å². The van der Waals surface area contributed by atoms with Crippen LogP contribution in [0.5, 0.6) is 0 Å². The molecular weight excluding hydrogens is 519 g/mol. The van der Waals surface area contributed by atoms with Crippen LogP contribution in [0.15, 0.2) is 17.1 Å². The van der Waals surface area contributed by atoms with Gasteiger partial charge in [0.2, 0.25) is 11.8 Å². The molecule has 0 spiro atoms. The third kappa shape index (κ3) is 5.47. The number of aliphatic imine (C=N–C) groups is 1. The molecule has 2 aliphatic carbocycles. The highest BCUT2D eigenvalue weighted by Crippen LogP contribution is 2.52. The Morgan fingerprint density at radius 3 is 2.12 bits per heavy atom. The highest BCUT2D eigenvalue weighted by molar-refractivity contribution is 14.0. The van der Waals surface area contributed by atoms with Crippen LogP contribution in [-0.4, -0.2) is 98.4 Å². The number of imide groups is 1. The monoisotopic (exact) mass is 558 g/mol. The molecule has 0 aromatic carbocycles. The SMILES string of the molecule is CCN1CCN(CCCCNC(=NC)NCCN2C(=O)C3C4C=CC(C4)C3C2=O)CC1.I. The van der Waals surface area contributed by atoms with Crippen LogP contribution in [0.4, 0.5) is 0 Å². The lowest BCUT2D eigenvalue weighted by Crippen LogP contribution is -2.46. The van der Waals surface area contributed by atoms with Crippen molar-refractivity contribution in [2.75, 3.05) is 66.0 Å². The number of likely N-dealkylation sites (tertiary alicyclic amines) is 1. The van der Waals surface area contributed by atoms with Crippen LogP contribution in [0.2, 0.25) is 0 Å². The van der Waals surface area contributed by atoms with E-state index < -0.39 is 0 Å². The quantitative estimate of drug-likeness (QED) is 0.110. The lowest BCUT2D eigenvalue weighted by Gasteiger charge is -2.34. The predicted molar refractivity (Wildman–Crippen MR) is 137 cm³/mol. The lowest BCUT2D eigenvalue weighted by atomic mass is 9.85. The first-order valence-electron chi connectivity index (χ1n) is 12.0. The van der Waals surface area contributed by atoms with E-state index >= 15 is 0 Å². The van der Waals surface area contributed by atoms with Crippen molar-refractivity contribution in [1.82, 2.24) is 25.3 Å². The maximum atomic E-state index is 12.7. The van der Waals surface area contributed by atoms with Gasteiger partial charge >= 0.3 is 0 Å². The number of unbranched alkanes of at least 4 members (excludes halogenated alkanes) is 1. The molecule has 0 radical (unpaired) electrons. The number of allylic oxidation sites excluding steroid dienone is 2. The number of carbonyl (C=O) groups excluding carboxylic acids is 2. The van der Waals surface area contributed by atoms with E-state index in [4.69, 9.17) is 0 Å². The van der Waals surface area contributed by atoms with Crippen LogP contribution in [0, 0.1) is 23.7 Å². The number of likely N-dealkylation sites (N-methyl/N-ethyl adjacent to an activating group) is 1. The highest BCUT2D eigenvalue weighted by Gasteiger charge is 2.58. The molecule has 1 saturated carbocycles. The van der Waals surface area contributed by atoms with Crippen LogP contribution in [0.1, 0.15) is 26.2 Å². The molecule has 8 nitrogen and oxygen atoms in total. The summed E-state index contributed by atoms with van der Waals surface area (Å²) in [6.45, 7) is 11.1. The topological polar surface area (TPSA) is 80.3 Å². The Hall–Kier alpha value is -1.20. The molecule has 4 unspecified atom stereocenters. The third-order valence-electron chi connectivity index (χ3n) is 7.52. The smallest absolute Gasteiger partial charge is 0.233 e. The summed E-state index contributed by atoms with van der Waals surface area (Å²) in [6, 6.07) is 0. The average molecular weight is 559 g/mol. The van der Waals surface area contributed by atoms with Crippen molar-refractivity contribution in [3.05, 3.63) is 12.2 Å². The Kier molecular flexibility index (Phi) is 9.36. The summed E-state index contributed by atoms with van der Waals surface area (Å²) in [5, 5.41) is 6.60. The van der Waals surface area contributed by atoms with Gasteiger partial charge in [0, 0.05) is 52.9 Å². The van der Waals surface area contributed by atoms with Gasteiger partial charge in [0.1, 0.15) is 0 Å². The minimum Gasteiger partial charge on any atom is -0.356 e. The number of hydrogen-bond acceptors (Lipinski definition) is 5. The van der Waals surface area contributed by atoms with Gasteiger partial charge in [0.15, 0.2) is 5.96 Å². The Bertz CT molecular complexity index is 691. The summed E-state index contributed by atoms with van der Waals surface area (Å²) in [5.74, 6) is 1.11. The van der Waals surface area contributed by atoms with Crippen LogP contribution in [0.25, 0.3) is 0 Å². The van der Waals surface area contributed by atoms with E-state index in [2.05, 4.69) is 44.5 Å². The molecule has 2 aliphatic heterocycles. The van der Waals surface area contributed by atoms with Crippen molar-refractivity contribution in [3.8, 4) is 0 Å². The van der Waals surface area contributed by atoms with Crippen molar-refractivity contribution in [1.29, 1.82) is 0 Å². The zero-order valence-corrected chi connectivity index (χ0v) is 21.8. The number of halogens is 1. The molecule has 2 bridgehead atoms. The molecule has 9 heteroatoms. The molecule has 0 aromatic heterocycles. The first-order chi connectivity index (χ1) is 15.1. The first kappa shape index (κ1) is 25.4. The van der Waals surface area contributed by atoms with Crippen molar-refractivity contribution >= 4 is 41.8 Å². The Morgan fingerprint density at radius 2 is 1.53 bits per heavy atom. The van der Waals surface area contributed by atoms with E-state index in [0.717, 1.165) is 38.4 Å². The number of nitrogens with zero attached hydrogens (tertiary/aromatic N) is 4. The summed E-state index contributed by atoms with van der Waals surface area (Å²) in [5.41, 5.74) is 0. The molecule has 2 saturated heterocycles. The molecule has 180 valence electrons. The van der Waals surface area contributed by atoms with Crippen LogP contribution < -0.4 is 10.6 Å². The Balaban J connectivity index is 0.00000289. The lowest BCUT2D eigenvalue weighted by molar-refractivity contribution is -0.140. The number of nitrogens with one attached hydrogen (secondary N) is 2. The van der Waals surface area contributed by atoms with Crippen LogP contribution in [0.3, 0.4) is 0 Å². The van der Waals surface area contributed by atoms with Crippen LogP contribution in [-0.2, 0) is 9.59 Å². The van der Waals surface area contributed by atoms with E-state index in [1.54, 1.807) is 7.05 Å². The zero-order valence-electron chi connectivity index (χ0n) is 19.5. The van der Waals surface area contributed by atoms with E-state index in [1.165, 1.54) is 37.5 Å². The van der Waals surface area contributed by atoms with Crippen molar-refractivity contribution in [3.63, 3.8) is 0 Å². The fourth-order valence-corrected chi connectivity index (χ4v) is 5.69. The van der Waals surface area contributed by atoms with E-state index in [9.17, 15) is 9.59 Å². The van der Waals surface area contributed by atoms with Gasteiger partial charge in [-0.3, -0.25) is 19.5 Å². The molecule has 32 heavy (non-hydrogen) atoms. The van der Waals surface area contributed by atoms with Gasteiger partial charge in [-0.15, -0.1) is 24.0 Å². The number of rotatable bonds is 9. The van der Waals surface area contributed by atoms with Crippen LogP contribution >= 0.6 is 24.0 Å². The number of carbonyl (C=O) groups is 2. The number of guanidine groups is 1. The molecular formula is C23H39IN6O2. The minimum atomic E-state index is -0.107. The van der Waals surface area contributed by atoms with E-state index in [0.29, 0.717) is 13.1 Å². The van der Waals surface area contributed by atoms with Gasteiger partial charge in [-0.05, 0) is 44.2 Å². The first-order valence-corrected chi connectivity index (χ1v) is 12.0. The van der Waals surface area contributed by atoms with Crippen molar-refractivity contribution in [2.24, 2.45) is 28.7 Å². The second kappa shape index (κ2) is 11.8. The van der Waals surface area contributed by atoms with Gasteiger partial charge in [-0.1, -0.05) is 19.1 Å². The van der Waals surface area contributed by atoms with Crippen molar-refractivity contribution < 1.29 is 9.59 Å². The summed E-state index contributed by atoms with van der Waals surface area (Å²) in [4.78, 5) is 36.3. The van der Waals surface area contributed by atoms with Gasteiger partial charge in [-0.2, -0.15) is 0 Å². The zero-order chi connectivity index (χ0) is 21.8. The second-order valence-corrected chi connectivity index (χ2v) is 9.24. The molecule has 2 amide bonds. The number of piperazine rings is 1. The predicted octanol–water partition coefficient (Wildman–Crippen LogP) is 0.994. The average Bonchev–Trinajstić information content (AvgIpc) is 3.47.